The summed E-state index contributed by atoms with van der Waals surface area (Å²) in [5, 5.41) is 9.49. The van der Waals surface area contributed by atoms with Crippen LogP contribution in [-0.2, 0) is 7.05 Å². The molecule has 1 unspecified atom stereocenters. The highest BCUT2D eigenvalue weighted by atomic mass is 15.0. The maximum absolute atomic E-state index is 9.49. The van der Waals surface area contributed by atoms with Crippen LogP contribution in [0.15, 0.2) is 24.5 Å². The molecule has 2 aromatic rings. The Morgan fingerprint density at radius 2 is 1.83 bits per heavy atom. The maximum Gasteiger partial charge on any atom is 0.130 e. The smallest absolute Gasteiger partial charge is 0.130 e. The summed E-state index contributed by atoms with van der Waals surface area (Å²) in [4.78, 5) is 4.31. The fraction of sp³-hybridized carbons (Fsp3) is 0.333. The van der Waals surface area contributed by atoms with Crippen molar-refractivity contribution in [3.63, 3.8) is 0 Å². The monoisotopic (exact) mass is 239 g/mol. The highest BCUT2D eigenvalue weighted by Crippen LogP contribution is 2.29. The van der Waals surface area contributed by atoms with Crippen molar-refractivity contribution in [3.05, 3.63) is 52.6 Å². The van der Waals surface area contributed by atoms with Gasteiger partial charge in [-0.3, -0.25) is 0 Å². The van der Waals surface area contributed by atoms with E-state index in [9.17, 15) is 5.26 Å². The van der Waals surface area contributed by atoms with Crippen LogP contribution in [0.25, 0.3) is 0 Å². The van der Waals surface area contributed by atoms with Gasteiger partial charge in [0.2, 0.25) is 0 Å². The van der Waals surface area contributed by atoms with Gasteiger partial charge in [-0.15, -0.1) is 0 Å². The fourth-order valence-electron chi connectivity index (χ4n) is 2.55. The number of benzene rings is 1. The van der Waals surface area contributed by atoms with Crippen molar-refractivity contribution in [3.8, 4) is 6.07 Å². The topological polar surface area (TPSA) is 41.6 Å². The van der Waals surface area contributed by atoms with E-state index in [4.69, 9.17) is 0 Å². The van der Waals surface area contributed by atoms with E-state index >= 15 is 0 Å². The summed E-state index contributed by atoms with van der Waals surface area (Å²) in [5.74, 6) is 0.498. The first-order valence-electron chi connectivity index (χ1n) is 5.99. The van der Waals surface area contributed by atoms with Crippen molar-refractivity contribution in [1.29, 1.82) is 5.26 Å². The Labute approximate surface area is 108 Å². The molecule has 18 heavy (non-hydrogen) atoms. The van der Waals surface area contributed by atoms with Crippen LogP contribution < -0.4 is 0 Å². The van der Waals surface area contributed by atoms with Crippen molar-refractivity contribution < 1.29 is 0 Å². The van der Waals surface area contributed by atoms with Crippen LogP contribution in [-0.4, -0.2) is 9.55 Å². The fourth-order valence-corrected chi connectivity index (χ4v) is 2.55. The number of rotatable bonds is 2. The standard InChI is InChI=1S/C15H17N3/c1-10-7-11(2)14(12(3)8-10)13(9-16)15-17-5-6-18(15)4/h5-8,13H,1-4H3. The molecule has 0 saturated carbocycles. The van der Waals surface area contributed by atoms with Gasteiger partial charge in [0, 0.05) is 19.4 Å². The van der Waals surface area contributed by atoms with E-state index in [0.717, 1.165) is 22.5 Å². The van der Waals surface area contributed by atoms with Crippen LogP contribution >= 0.6 is 0 Å². The molecule has 1 aromatic heterocycles. The van der Waals surface area contributed by atoms with E-state index in [0.29, 0.717) is 0 Å². The van der Waals surface area contributed by atoms with Crippen molar-refractivity contribution >= 4 is 0 Å². The van der Waals surface area contributed by atoms with Gasteiger partial charge in [0.25, 0.3) is 0 Å². The molecule has 0 amide bonds. The lowest BCUT2D eigenvalue weighted by Crippen LogP contribution is -2.09. The Balaban J connectivity index is 2.61. The maximum atomic E-state index is 9.49. The van der Waals surface area contributed by atoms with E-state index in [-0.39, 0.29) is 5.92 Å². The summed E-state index contributed by atoms with van der Waals surface area (Å²) in [6, 6.07) is 6.62. The van der Waals surface area contributed by atoms with Crippen LogP contribution in [0, 0.1) is 32.1 Å². The van der Waals surface area contributed by atoms with Gasteiger partial charge in [0.15, 0.2) is 0 Å². The number of hydrogen-bond acceptors (Lipinski definition) is 2. The zero-order valence-electron chi connectivity index (χ0n) is 11.2. The molecular formula is C15H17N3. The molecule has 0 saturated heterocycles. The van der Waals surface area contributed by atoms with Gasteiger partial charge in [0.05, 0.1) is 6.07 Å². The predicted molar refractivity (Wildman–Crippen MR) is 71.3 cm³/mol. The first-order chi connectivity index (χ1) is 8.54. The number of aryl methyl sites for hydroxylation is 4. The summed E-state index contributed by atoms with van der Waals surface area (Å²) in [6.07, 6.45) is 3.61. The van der Waals surface area contributed by atoms with Crippen LogP contribution in [0.1, 0.15) is 34.0 Å². The quantitative estimate of drug-likeness (QED) is 0.808. The number of nitriles is 1. The SMILES string of the molecule is Cc1cc(C)c(C(C#N)c2nccn2C)c(C)c1. The van der Waals surface area contributed by atoms with Crippen LogP contribution in [0.3, 0.4) is 0 Å². The molecule has 1 aromatic carbocycles. The van der Waals surface area contributed by atoms with Crippen LogP contribution in [0.4, 0.5) is 0 Å². The molecule has 92 valence electrons. The molecular weight excluding hydrogens is 222 g/mol. The van der Waals surface area contributed by atoms with E-state index in [1.165, 1.54) is 5.56 Å². The van der Waals surface area contributed by atoms with Crippen molar-refractivity contribution in [2.24, 2.45) is 7.05 Å². The third-order valence-electron chi connectivity index (χ3n) is 3.27. The third-order valence-corrected chi connectivity index (χ3v) is 3.27. The highest BCUT2D eigenvalue weighted by molar-refractivity contribution is 5.45. The van der Waals surface area contributed by atoms with Gasteiger partial charge >= 0.3 is 0 Å². The van der Waals surface area contributed by atoms with Gasteiger partial charge in [-0.25, -0.2) is 4.98 Å². The van der Waals surface area contributed by atoms with Gasteiger partial charge < -0.3 is 4.57 Å². The Bertz CT molecular complexity index is 594. The minimum Gasteiger partial charge on any atom is -0.337 e. The molecule has 0 bridgehead atoms. The molecule has 3 heteroatoms. The van der Waals surface area contributed by atoms with Gasteiger partial charge in [-0.1, -0.05) is 17.7 Å². The Hall–Kier alpha value is -2.08. The Kier molecular flexibility index (Phi) is 3.20. The number of imidazole rings is 1. The van der Waals surface area contributed by atoms with Gasteiger partial charge in [-0.2, -0.15) is 5.26 Å². The summed E-state index contributed by atoms with van der Waals surface area (Å²) >= 11 is 0. The number of aromatic nitrogens is 2. The molecule has 1 atom stereocenters. The van der Waals surface area contributed by atoms with Crippen LogP contribution in [0.5, 0.6) is 0 Å². The second-order valence-corrected chi connectivity index (χ2v) is 4.77. The largest absolute Gasteiger partial charge is 0.337 e. The second kappa shape index (κ2) is 4.66. The summed E-state index contributed by atoms with van der Waals surface area (Å²) < 4.78 is 1.91. The molecule has 0 fully saturated rings. The molecule has 0 N–H and O–H groups in total. The minimum atomic E-state index is -0.300. The number of nitrogens with zero attached hydrogens (tertiary/aromatic N) is 3. The summed E-state index contributed by atoms with van der Waals surface area (Å²) in [6.45, 7) is 6.19. The molecule has 2 rings (SSSR count). The predicted octanol–water partition coefficient (Wildman–Crippen LogP) is 3.00. The lowest BCUT2D eigenvalue weighted by atomic mass is 9.89. The first-order valence-corrected chi connectivity index (χ1v) is 5.99. The number of hydrogen-bond donors (Lipinski definition) is 0. The van der Waals surface area contributed by atoms with Crippen molar-refractivity contribution in [1.82, 2.24) is 9.55 Å². The second-order valence-electron chi connectivity index (χ2n) is 4.77. The molecule has 1 heterocycles. The van der Waals surface area contributed by atoms with Crippen molar-refractivity contribution in [2.45, 2.75) is 26.7 Å². The average Bonchev–Trinajstić information content (AvgIpc) is 2.69. The molecule has 0 aliphatic heterocycles. The Morgan fingerprint density at radius 1 is 1.22 bits per heavy atom. The molecule has 0 radical (unpaired) electrons. The lowest BCUT2D eigenvalue weighted by molar-refractivity contribution is 0.777. The summed E-state index contributed by atoms with van der Waals surface area (Å²) in [5.41, 5.74) is 4.62. The minimum absolute atomic E-state index is 0.300. The molecule has 3 nitrogen and oxygen atoms in total. The van der Waals surface area contributed by atoms with E-state index in [1.807, 2.05) is 17.8 Å². The summed E-state index contributed by atoms with van der Waals surface area (Å²) in [7, 11) is 1.92. The van der Waals surface area contributed by atoms with Crippen molar-refractivity contribution in [2.75, 3.05) is 0 Å². The third kappa shape index (κ3) is 2.02. The van der Waals surface area contributed by atoms with Crippen LogP contribution in [0.2, 0.25) is 0 Å². The van der Waals surface area contributed by atoms with E-state index in [2.05, 4.69) is 44.0 Å². The average molecular weight is 239 g/mol. The van der Waals surface area contributed by atoms with Gasteiger partial charge in [-0.05, 0) is 37.5 Å². The zero-order chi connectivity index (χ0) is 13.3. The Morgan fingerprint density at radius 3 is 2.28 bits per heavy atom. The highest BCUT2D eigenvalue weighted by Gasteiger charge is 2.21. The first kappa shape index (κ1) is 12.4. The van der Waals surface area contributed by atoms with Gasteiger partial charge in [0.1, 0.15) is 11.7 Å². The van der Waals surface area contributed by atoms with E-state index in [1.54, 1.807) is 6.20 Å². The zero-order valence-corrected chi connectivity index (χ0v) is 11.2. The molecule has 0 aliphatic carbocycles. The normalized spacial score (nSPS) is 12.2. The van der Waals surface area contributed by atoms with E-state index < -0.39 is 0 Å². The molecule has 0 aliphatic rings. The molecule has 0 spiro atoms. The lowest BCUT2D eigenvalue weighted by Gasteiger charge is -2.16.